The highest BCUT2D eigenvalue weighted by molar-refractivity contribution is 7.98. The molecule has 7 nitrogen and oxygen atoms in total. The summed E-state index contributed by atoms with van der Waals surface area (Å²) < 4.78 is 28.6. The van der Waals surface area contributed by atoms with E-state index in [0.717, 1.165) is 30.8 Å². The Kier molecular flexibility index (Phi) is 5.94. The lowest BCUT2D eigenvalue weighted by Gasteiger charge is -2.17. The Labute approximate surface area is 171 Å². The van der Waals surface area contributed by atoms with Crippen LogP contribution in [0.2, 0.25) is 0 Å². The van der Waals surface area contributed by atoms with Gasteiger partial charge in [0.05, 0.1) is 21.7 Å². The SMILES string of the molecule is CSc1ccc(S(=O)(=O)N(C)CC(=O)Nc2ccc3c(c2)sc(=O)n3C)cc1. The first-order valence-corrected chi connectivity index (χ1v) is 11.7. The van der Waals surface area contributed by atoms with E-state index in [0.29, 0.717) is 5.69 Å². The molecule has 0 saturated carbocycles. The number of thiazole rings is 1. The normalized spacial score (nSPS) is 11.9. The monoisotopic (exact) mass is 437 g/mol. The van der Waals surface area contributed by atoms with Crippen LogP contribution in [-0.2, 0) is 21.9 Å². The van der Waals surface area contributed by atoms with Crippen molar-refractivity contribution in [3.8, 4) is 0 Å². The van der Waals surface area contributed by atoms with E-state index < -0.39 is 15.9 Å². The largest absolute Gasteiger partial charge is 0.325 e. The standard InChI is InChI=1S/C18H19N3O4S3/c1-20(28(24,25)14-7-5-13(26-3)6-8-14)11-17(22)19-12-4-9-15-16(10-12)27-18(23)21(15)2/h4-10H,11H2,1-3H3,(H,19,22). The molecule has 0 aliphatic rings. The molecule has 2 aromatic carbocycles. The average Bonchev–Trinajstić information content (AvgIpc) is 2.95. The van der Waals surface area contributed by atoms with Crippen LogP contribution >= 0.6 is 23.1 Å². The highest BCUT2D eigenvalue weighted by Crippen LogP contribution is 2.22. The van der Waals surface area contributed by atoms with E-state index in [-0.39, 0.29) is 16.3 Å². The number of sulfonamides is 1. The van der Waals surface area contributed by atoms with Gasteiger partial charge < -0.3 is 9.88 Å². The number of nitrogens with one attached hydrogen (secondary N) is 1. The lowest BCUT2D eigenvalue weighted by atomic mass is 10.3. The van der Waals surface area contributed by atoms with Gasteiger partial charge in [0.15, 0.2) is 0 Å². The van der Waals surface area contributed by atoms with Crippen molar-refractivity contribution in [2.45, 2.75) is 9.79 Å². The number of aromatic nitrogens is 1. The van der Waals surface area contributed by atoms with Crippen molar-refractivity contribution >= 4 is 54.9 Å². The van der Waals surface area contributed by atoms with E-state index in [9.17, 15) is 18.0 Å². The number of benzene rings is 2. The molecule has 0 saturated heterocycles. The molecule has 1 heterocycles. The fourth-order valence-electron chi connectivity index (χ4n) is 2.63. The topological polar surface area (TPSA) is 88.5 Å². The minimum Gasteiger partial charge on any atom is -0.325 e. The maximum Gasteiger partial charge on any atom is 0.307 e. The second-order valence-corrected chi connectivity index (χ2v) is 10.0. The predicted octanol–water partition coefficient (Wildman–Crippen LogP) is 2.58. The minimum atomic E-state index is -3.77. The van der Waals surface area contributed by atoms with Gasteiger partial charge in [0.2, 0.25) is 15.9 Å². The van der Waals surface area contributed by atoms with Crippen molar-refractivity contribution in [2.75, 3.05) is 25.2 Å². The minimum absolute atomic E-state index is 0.0863. The molecular formula is C18H19N3O4S3. The number of carbonyl (C=O) groups is 1. The number of amides is 1. The van der Waals surface area contributed by atoms with Crippen molar-refractivity contribution in [1.82, 2.24) is 8.87 Å². The molecule has 28 heavy (non-hydrogen) atoms. The van der Waals surface area contributed by atoms with Crippen molar-refractivity contribution in [3.05, 3.63) is 52.1 Å². The number of aryl methyl sites for hydroxylation is 1. The summed E-state index contributed by atoms with van der Waals surface area (Å²) in [6.07, 6.45) is 1.91. The zero-order chi connectivity index (χ0) is 20.5. The van der Waals surface area contributed by atoms with Gasteiger partial charge in [-0.15, -0.1) is 11.8 Å². The van der Waals surface area contributed by atoms with E-state index >= 15 is 0 Å². The molecule has 0 radical (unpaired) electrons. The second kappa shape index (κ2) is 8.08. The lowest BCUT2D eigenvalue weighted by molar-refractivity contribution is -0.116. The predicted molar refractivity (Wildman–Crippen MR) is 114 cm³/mol. The van der Waals surface area contributed by atoms with Crippen LogP contribution in [0.15, 0.2) is 57.1 Å². The van der Waals surface area contributed by atoms with Gasteiger partial charge in [-0.25, -0.2) is 8.42 Å². The Balaban J connectivity index is 1.72. The first kappa shape index (κ1) is 20.6. The van der Waals surface area contributed by atoms with Crippen molar-refractivity contribution < 1.29 is 13.2 Å². The number of hydrogen-bond acceptors (Lipinski definition) is 6. The Morgan fingerprint density at radius 3 is 2.54 bits per heavy atom. The van der Waals surface area contributed by atoms with Crippen LogP contribution in [0.3, 0.4) is 0 Å². The number of thioether (sulfide) groups is 1. The molecule has 0 spiro atoms. The number of rotatable bonds is 6. The molecule has 0 atom stereocenters. The van der Waals surface area contributed by atoms with Crippen LogP contribution in [0.1, 0.15) is 0 Å². The molecule has 0 unspecified atom stereocenters. The van der Waals surface area contributed by atoms with Crippen molar-refractivity contribution in [2.24, 2.45) is 7.05 Å². The van der Waals surface area contributed by atoms with Crippen molar-refractivity contribution in [3.63, 3.8) is 0 Å². The third-order valence-corrected chi connectivity index (χ3v) is 7.77. The van der Waals surface area contributed by atoms with Gasteiger partial charge in [0, 0.05) is 24.7 Å². The number of likely N-dealkylation sites (N-methyl/N-ethyl adjacent to an activating group) is 1. The summed E-state index contributed by atoms with van der Waals surface area (Å²) in [6.45, 7) is -0.324. The van der Waals surface area contributed by atoms with Gasteiger partial charge in [0.25, 0.3) is 0 Å². The molecule has 1 N–H and O–H groups in total. The van der Waals surface area contributed by atoms with Crippen LogP contribution in [0.5, 0.6) is 0 Å². The average molecular weight is 438 g/mol. The van der Waals surface area contributed by atoms with Gasteiger partial charge in [-0.1, -0.05) is 11.3 Å². The highest BCUT2D eigenvalue weighted by atomic mass is 32.2. The van der Waals surface area contributed by atoms with Gasteiger partial charge in [-0.3, -0.25) is 9.59 Å². The number of fused-ring (bicyclic) bond motifs is 1. The molecule has 0 aliphatic carbocycles. The molecule has 148 valence electrons. The Hall–Kier alpha value is -2.14. The molecule has 3 aromatic rings. The number of hydrogen-bond donors (Lipinski definition) is 1. The molecule has 10 heteroatoms. The van der Waals surface area contributed by atoms with Crippen LogP contribution < -0.4 is 10.2 Å². The zero-order valence-corrected chi connectivity index (χ0v) is 18.0. The fraction of sp³-hybridized carbons (Fsp3) is 0.222. The lowest BCUT2D eigenvalue weighted by Crippen LogP contribution is -2.34. The Bertz CT molecular complexity index is 1180. The first-order valence-electron chi connectivity index (χ1n) is 8.22. The van der Waals surface area contributed by atoms with Crippen LogP contribution in [0.4, 0.5) is 5.69 Å². The Morgan fingerprint density at radius 1 is 1.21 bits per heavy atom. The third kappa shape index (κ3) is 4.14. The number of anilines is 1. The smallest absolute Gasteiger partial charge is 0.307 e. The molecular weight excluding hydrogens is 418 g/mol. The first-order chi connectivity index (χ1) is 13.2. The number of carbonyl (C=O) groups excluding carboxylic acids is 1. The third-order valence-electron chi connectivity index (χ3n) is 4.21. The maximum absolute atomic E-state index is 12.6. The van der Waals surface area contributed by atoms with Crippen LogP contribution in [0, 0.1) is 0 Å². The quantitative estimate of drug-likeness (QED) is 0.599. The summed E-state index contributed by atoms with van der Waals surface area (Å²) in [7, 11) is -0.717. The van der Waals surface area contributed by atoms with Gasteiger partial charge in [-0.2, -0.15) is 4.31 Å². The van der Waals surface area contributed by atoms with E-state index in [2.05, 4.69) is 5.32 Å². The van der Waals surface area contributed by atoms with E-state index in [4.69, 9.17) is 0 Å². The molecule has 1 aromatic heterocycles. The fourth-order valence-corrected chi connectivity index (χ4v) is 5.08. The van der Waals surface area contributed by atoms with Crippen LogP contribution in [0.25, 0.3) is 10.2 Å². The van der Waals surface area contributed by atoms with E-state index in [1.807, 2.05) is 6.26 Å². The van der Waals surface area contributed by atoms with Gasteiger partial charge in [-0.05, 0) is 48.7 Å². The summed E-state index contributed by atoms with van der Waals surface area (Å²) in [4.78, 5) is 25.1. The van der Waals surface area contributed by atoms with Gasteiger partial charge >= 0.3 is 4.87 Å². The number of nitrogens with zero attached hydrogens (tertiary/aromatic N) is 2. The molecule has 0 bridgehead atoms. The van der Waals surface area contributed by atoms with Crippen molar-refractivity contribution in [1.29, 1.82) is 0 Å². The Morgan fingerprint density at radius 2 is 1.89 bits per heavy atom. The summed E-state index contributed by atoms with van der Waals surface area (Å²) >= 11 is 2.61. The molecule has 3 rings (SSSR count). The molecule has 0 fully saturated rings. The summed E-state index contributed by atoms with van der Waals surface area (Å²) in [5.74, 6) is -0.463. The second-order valence-electron chi connectivity index (χ2n) is 6.09. The molecule has 0 aliphatic heterocycles. The summed E-state index contributed by atoms with van der Waals surface area (Å²) in [6, 6.07) is 11.6. The van der Waals surface area contributed by atoms with Gasteiger partial charge in [0.1, 0.15) is 0 Å². The van der Waals surface area contributed by atoms with E-state index in [1.165, 1.54) is 35.5 Å². The zero-order valence-electron chi connectivity index (χ0n) is 15.5. The molecule has 1 amide bonds. The summed E-state index contributed by atoms with van der Waals surface area (Å²) in [5, 5.41) is 2.68. The summed E-state index contributed by atoms with van der Waals surface area (Å²) in [5.41, 5.74) is 1.29. The van der Waals surface area contributed by atoms with E-state index in [1.54, 1.807) is 37.4 Å². The maximum atomic E-state index is 12.6. The van der Waals surface area contributed by atoms with Crippen LogP contribution in [-0.4, -0.2) is 43.0 Å². The highest BCUT2D eigenvalue weighted by Gasteiger charge is 2.23.